The van der Waals surface area contributed by atoms with E-state index in [1.807, 2.05) is 12.1 Å². The zero-order valence-electron chi connectivity index (χ0n) is 14.0. The number of nitrogens with zero attached hydrogens (tertiary/aromatic N) is 2. The summed E-state index contributed by atoms with van der Waals surface area (Å²) >= 11 is 0. The molecule has 122 valence electrons. The highest BCUT2D eigenvalue weighted by atomic mass is 16.1. The van der Waals surface area contributed by atoms with Crippen LogP contribution >= 0.6 is 0 Å². The second kappa shape index (κ2) is 8.76. The molecule has 0 aromatic carbocycles. The molecule has 0 unspecified atom stereocenters. The van der Waals surface area contributed by atoms with Gasteiger partial charge in [0, 0.05) is 19.6 Å². The highest BCUT2D eigenvalue weighted by Crippen LogP contribution is 2.18. The van der Waals surface area contributed by atoms with Gasteiger partial charge in [-0.25, -0.2) is 4.98 Å². The smallest absolute Gasteiger partial charge is 0.270 e. The Kier molecular flexibility index (Phi) is 6.69. The van der Waals surface area contributed by atoms with E-state index in [2.05, 4.69) is 29.2 Å². The molecule has 1 aliphatic rings. The van der Waals surface area contributed by atoms with Crippen LogP contribution in [0, 0.1) is 0 Å². The maximum Gasteiger partial charge on any atom is 0.270 e. The van der Waals surface area contributed by atoms with Gasteiger partial charge in [0.25, 0.3) is 5.91 Å². The van der Waals surface area contributed by atoms with E-state index in [0.29, 0.717) is 11.7 Å². The number of rotatable bonds is 6. The van der Waals surface area contributed by atoms with E-state index in [0.717, 1.165) is 25.1 Å². The van der Waals surface area contributed by atoms with Gasteiger partial charge in [-0.1, -0.05) is 39.0 Å². The van der Waals surface area contributed by atoms with Gasteiger partial charge in [0.1, 0.15) is 5.69 Å². The third-order valence-electron chi connectivity index (χ3n) is 4.46. The molecule has 1 heterocycles. The molecule has 1 fully saturated rings. The van der Waals surface area contributed by atoms with Crippen molar-refractivity contribution in [3.63, 3.8) is 0 Å². The van der Waals surface area contributed by atoms with Crippen LogP contribution in [0.5, 0.6) is 0 Å². The molecule has 0 atom stereocenters. The summed E-state index contributed by atoms with van der Waals surface area (Å²) in [6, 6.07) is 4.15. The summed E-state index contributed by atoms with van der Waals surface area (Å²) in [4.78, 5) is 18.8. The predicted molar refractivity (Wildman–Crippen MR) is 91.4 cm³/mol. The van der Waals surface area contributed by atoms with Gasteiger partial charge in [0.15, 0.2) is 0 Å². The Labute approximate surface area is 134 Å². The first-order valence-corrected chi connectivity index (χ1v) is 8.68. The van der Waals surface area contributed by atoms with Gasteiger partial charge in [0.2, 0.25) is 0 Å². The molecule has 1 aromatic heterocycles. The maximum absolute atomic E-state index is 12.3. The number of hydrogen-bond acceptors (Lipinski definition) is 3. The minimum atomic E-state index is -0.0327. The third kappa shape index (κ3) is 5.00. The van der Waals surface area contributed by atoms with E-state index in [-0.39, 0.29) is 5.91 Å². The van der Waals surface area contributed by atoms with Crippen LogP contribution in [0.15, 0.2) is 18.3 Å². The van der Waals surface area contributed by atoms with E-state index < -0.39 is 0 Å². The van der Waals surface area contributed by atoms with E-state index >= 15 is 0 Å². The van der Waals surface area contributed by atoms with Crippen molar-refractivity contribution in [1.29, 1.82) is 0 Å². The number of pyridine rings is 1. The lowest BCUT2D eigenvalue weighted by Gasteiger charge is -2.19. The number of nitrogens with one attached hydrogen (secondary N) is 1. The van der Waals surface area contributed by atoms with E-state index in [1.54, 1.807) is 6.20 Å². The van der Waals surface area contributed by atoms with Crippen molar-refractivity contribution < 1.29 is 4.79 Å². The Morgan fingerprint density at radius 1 is 1.27 bits per heavy atom. The molecule has 0 radical (unpaired) electrons. The first-order valence-electron chi connectivity index (χ1n) is 8.68. The third-order valence-corrected chi connectivity index (χ3v) is 4.46. The van der Waals surface area contributed by atoms with Crippen molar-refractivity contribution in [2.45, 2.75) is 64.3 Å². The molecule has 1 aromatic rings. The highest BCUT2D eigenvalue weighted by Gasteiger charge is 2.16. The normalized spacial score (nSPS) is 16.1. The summed E-state index contributed by atoms with van der Waals surface area (Å²) in [5.74, 6) is -0.0327. The standard InChI is InChI=1S/C18H29N3O/c1-3-4-13-21(2)16-11-12-17(19-14-16)18(22)20-15-9-7-5-6-8-10-15/h11-12,14-15H,3-10,13H2,1-2H3,(H,20,22). The molecule has 1 aliphatic carbocycles. The van der Waals surface area contributed by atoms with Gasteiger partial charge in [-0.2, -0.15) is 0 Å². The summed E-state index contributed by atoms with van der Waals surface area (Å²) in [5, 5.41) is 3.14. The van der Waals surface area contributed by atoms with Gasteiger partial charge in [0.05, 0.1) is 11.9 Å². The number of anilines is 1. The van der Waals surface area contributed by atoms with Crippen molar-refractivity contribution in [2.24, 2.45) is 0 Å². The van der Waals surface area contributed by atoms with Crippen molar-refractivity contribution in [2.75, 3.05) is 18.5 Å². The number of carbonyl (C=O) groups is 1. The van der Waals surface area contributed by atoms with Crippen LogP contribution in [0.3, 0.4) is 0 Å². The molecule has 0 saturated heterocycles. The zero-order chi connectivity index (χ0) is 15.8. The highest BCUT2D eigenvalue weighted by molar-refractivity contribution is 5.92. The summed E-state index contributed by atoms with van der Waals surface area (Å²) in [5.41, 5.74) is 1.59. The monoisotopic (exact) mass is 303 g/mol. The predicted octanol–water partition coefficient (Wildman–Crippen LogP) is 3.77. The lowest BCUT2D eigenvalue weighted by molar-refractivity contribution is 0.0928. The molecular weight excluding hydrogens is 274 g/mol. The summed E-state index contributed by atoms with van der Waals surface area (Å²) < 4.78 is 0. The first-order chi connectivity index (χ1) is 10.7. The summed E-state index contributed by atoms with van der Waals surface area (Å²) in [7, 11) is 2.07. The number of hydrogen-bond donors (Lipinski definition) is 1. The van der Waals surface area contributed by atoms with Gasteiger partial charge in [-0.3, -0.25) is 4.79 Å². The molecule has 0 bridgehead atoms. The zero-order valence-corrected chi connectivity index (χ0v) is 14.0. The largest absolute Gasteiger partial charge is 0.373 e. The van der Waals surface area contributed by atoms with Crippen LogP contribution < -0.4 is 10.2 Å². The average Bonchev–Trinajstić information content (AvgIpc) is 2.81. The maximum atomic E-state index is 12.3. The molecule has 4 nitrogen and oxygen atoms in total. The number of aromatic nitrogens is 1. The number of unbranched alkanes of at least 4 members (excludes halogenated alkanes) is 1. The minimum absolute atomic E-state index is 0.0327. The summed E-state index contributed by atoms with van der Waals surface area (Å²) in [6.45, 7) is 3.21. The van der Waals surface area contributed by atoms with E-state index in [4.69, 9.17) is 0 Å². The van der Waals surface area contributed by atoms with Crippen LogP contribution in [0.25, 0.3) is 0 Å². The van der Waals surface area contributed by atoms with Gasteiger partial charge < -0.3 is 10.2 Å². The van der Waals surface area contributed by atoms with Crippen molar-refractivity contribution in [3.05, 3.63) is 24.0 Å². The molecule has 2 rings (SSSR count). The van der Waals surface area contributed by atoms with Crippen LogP contribution in [0.1, 0.15) is 68.8 Å². The van der Waals surface area contributed by atoms with Crippen LogP contribution in [0.2, 0.25) is 0 Å². The Bertz CT molecular complexity index is 450. The molecule has 0 spiro atoms. The number of amides is 1. The minimum Gasteiger partial charge on any atom is -0.373 e. The van der Waals surface area contributed by atoms with Gasteiger partial charge in [-0.05, 0) is 31.4 Å². The Morgan fingerprint density at radius 2 is 2.00 bits per heavy atom. The van der Waals surface area contributed by atoms with E-state index in [9.17, 15) is 4.79 Å². The van der Waals surface area contributed by atoms with Crippen molar-refractivity contribution in [1.82, 2.24) is 10.3 Å². The Hall–Kier alpha value is -1.58. The molecule has 4 heteroatoms. The second-order valence-electron chi connectivity index (χ2n) is 6.34. The fourth-order valence-electron chi connectivity index (χ4n) is 2.95. The molecular formula is C18H29N3O. The molecule has 0 aliphatic heterocycles. The van der Waals surface area contributed by atoms with Gasteiger partial charge in [-0.15, -0.1) is 0 Å². The van der Waals surface area contributed by atoms with Crippen LogP contribution in [0.4, 0.5) is 5.69 Å². The topological polar surface area (TPSA) is 45.2 Å². The Morgan fingerprint density at radius 3 is 2.59 bits per heavy atom. The van der Waals surface area contributed by atoms with Crippen LogP contribution in [-0.2, 0) is 0 Å². The fraction of sp³-hybridized carbons (Fsp3) is 0.667. The van der Waals surface area contributed by atoms with E-state index in [1.165, 1.54) is 38.5 Å². The Balaban J connectivity index is 1.90. The molecule has 1 saturated carbocycles. The van der Waals surface area contributed by atoms with Crippen molar-refractivity contribution in [3.8, 4) is 0 Å². The summed E-state index contributed by atoms with van der Waals surface area (Å²) in [6.07, 6.45) is 11.4. The lowest BCUT2D eigenvalue weighted by Crippen LogP contribution is -2.34. The lowest BCUT2D eigenvalue weighted by atomic mass is 10.1. The molecule has 1 amide bonds. The van der Waals surface area contributed by atoms with Gasteiger partial charge >= 0.3 is 0 Å². The SMILES string of the molecule is CCCCN(C)c1ccc(C(=O)NC2CCCCCC2)nc1. The number of carbonyl (C=O) groups excluding carboxylic acids is 1. The average molecular weight is 303 g/mol. The second-order valence-corrected chi connectivity index (χ2v) is 6.34. The van der Waals surface area contributed by atoms with Crippen molar-refractivity contribution >= 4 is 11.6 Å². The first kappa shape index (κ1) is 16.8. The fourth-order valence-corrected chi connectivity index (χ4v) is 2.95. The molecule has 22 heavy (non-hydrogen) atoms. The quantitative estimate of drug-likeness (QED) is 0.814. The van der Waals surface area contributed by atoms with Crippen LogP contribution in [-0.4, -0.2) is 30.5 Å². The molecule has 1 N–H and O–H groups in total.